The Bertz CT molecular complexity index is 417. The second kappa shape index (κ2) is 6.13. The van der Waals surface area contributed by atoms with Crippen LogP contribution in [0.3, 0.4) is 0 Å². The minimum Gasteiger partial charge on any atom is -0.387 e. The number of aliphatic hydroxyl groups excluding tert-OH is 1. The van der Waals surface area contributed by atoms with Gasteiger partial charge in [-0.2, -0.15) is 0 Å². The fourth-order valence-electron chi connectivity index (χ4n) is 2.99. The van der Waals surface area contributed by atoms with E-state index < -0.39 is 6.10 Å². The van der Waals surface area contributed by atoms with Crippen molar-refractivity contribution < 1.29 is 5.11 Å². The molecule has 3 nitrogen and oxygen atoms in total. The molecule has 1 saturated carbocycles. The Morgan fingerprint density at radius 1 is 1.35 bits per heavy atom. The highest BCUT2D eigenvalue weighted by Gasteiger charge is 2.29. The van der Waals surface area contributed by atoms with Crippen LogP contribution in [0.4, 0.5) is 5.69 Å². The molecule has 1 aromatic heterocycles. The summed E-state index contributed by atoms with van der Waals surface area (Å²) in [5.74, 6) is 0. The molecule has 0 amide bonds. The molecule has 1 heterocycles. The molecule has 1 unspecified atom stereocenters. The predicted molar refractivity (Wildman–Crippen MR) is 83.9 cm³/mol. The quantitative estimate of drug-likeness (QED) is 0.905. The van der Waals surface area contributed by atoms with E-state index >= 15 is 0 Å². The number of aromatic nitrogens is 1. The molecule has 0 aromatic carbocycles. The van der Waals surface area contributed by atoms with Gasteiger partial charge in [0.2, 0.25) is 0 Å². The number of pyridine rings is 1. The minimum absolute atomic E-state index is 0.440. The van der Waals surface area contributed by atoms with E-state index in [4.69, 9.17) is 0 Å². The van der Waals surface area contributed by atoms with Crippen molar-refractivity contribution in [2.75, 3.05) is 11.9 Å². The molecule has 0 bridgehead atoms. The molecule has 1 fully saturated rings. The molecule has 0 spiro atoms. The number of nitrogens with zero attached hydrogens (tertiary/aromatic N) is 2. The van der Waals surface area contributed by atoms with Gasteiger partial charge in [0.25, 0.3) is 0 Å². The van der Waals surface area contributed by atoms with Gasteiger partial charge in [0, 0.05) is 13.1 Å². The first kappa shape index (κ1) is 15.3. The summed E-state index contributed by atoms with van der Waals surface area (Å²) in [4.78, 5) is 6.75. The van der Waals surface area contributed by atoms with Gasteiger partial charge in [-0.05, 0) is 49.7 Å². The molecule has 2 rings (SSSR count). The highest BCUT2D eigenvalue weighted by molar-refractivity contribution is 5.45. The smallest absolute Gasteiger partial charge is 0.0957 e. The van der Waals surface area contributed by atoms with Crippen LogP contribution in [0.25, 0.3) is 0 Å². The maximum Gasteiger partial charge on any atom is 0.0957 e. The van der Waals surface area contributed by atoms with Crippen LogP contribution in [0, 0.1) is 5.41 Å². The zero-order valence-corrected chi connectivity index (χ0v) is 13.3. The number of hydrogen-bond acceptors (Lipinski definition) is 3. The second-order valence-corrected chi connectivity index (χ2v) is 6.87. The summed E-state index contributed by atoms with van der Waals surface area (Å²) in [6, 6.07) is 4.65. The zero-order chi connectivity index (χ0) is 14.8. The molecule has 1 aliphatic carbocycles. The van der Waals surface area contributed by atoms with Crippen LogP contribution in [0.2, 0.25) is 0 Å². The van der Waals surface area contributed by atoms with Gasteiger partial charge < -0.3 is 10.0 Å². The third-order valence-corrected chi connectivity index (χ3v) is 4.76. The lowest BCUT2D eigenvalue weighted by Crippen LogP contribution is -2.37. The lowest BCUT2D eigenvalue weighted by atomic mass is 9.75. The van der Waals surface area contributed by atoms with E-state index in [0.29, 0.717) is 17.9 Å². The molecule has 1 aromatic rings. The van der Waals surface area contributed by atoms with Gasteiger partial charge in [0.15, 0.2) is 0 Å². The molecule has 3 heteroatoms. The van der Waals surface area contributed by atoms with Crippen molar-refractivity contribution in [3.63, 3.8) is 0 Å². The monoisotopic (exact) mass is 276 g/mol. The zero-order valence-electron chi connectivity index (χ0n) is 13.3. The molecule has 0 radical (unpaired) electrons. The maximum atomic E-state index is 9.79. The average Bonchev–Trinajstić information content (AvgIpc) is 2.46. The molecule has 20 heavy (non-hydrogen) atoms. The summed E-state index contributed by atoms with van der Waals surface area (Å²) in [7, 11) is 2.16. The van der Waals surface area contributed by atoms with Crippen molar-refractivity contribution in [2.45, 2.75) is 65.0 Å². The lowest BCUT2D eigenvalue weighted by Gasteiger charge is -2.39. The van der Waals surface area contributed by atoms with Gasteiger partial charge >= 0.3 is 0 Å². The van der Waals surface area contributed by atoms with Crippen LogP contribution in [0.15, 0.2) is 18.3 Å². The SMILES string of the molecule is CCC(O)c1ccc(N(C)C2CCC(C)(C)CC2)cn1. The van der Waals surface area contributed by atoms with Gasteiger partial charge in [0.1, 0.15) is 0 Å². The van der Waals surface area contributed by atoms with Crippen molar-refractivity contribution in [3.8, 4) is 0 Å². The first-order valence-corrected chi connectivity index (χ1v) is 7.80. The third-order valence-electron chi connectivity index (χ3n) is 4.76. The number of aliphatic hydroxyl groups is 1. The van der Waals surface area contributed by atoms with Crippen LogP contribution in [-0.2, 0) is 0 Å². The van der Waals surface area contributed by atoms with Crippen molar-refractivity contribution in [1.29, 1.82) is 0 Å². The van der Waals surface area contributed by atoms with E-state index in [0.717, 1.165) is 11.4 Å². The summed E-state index contributed by atoms with van der Waals surface area (Å²) in [6.07, 6.45) is 7.26. The van der Waals surface area contributed by atoms with Crippen molar-refractivity contribution in [1.82, 2.24) is 4.98 Å². The summed E-state index contributed by atoms with van der Waals surface area (Å²) >= 11 is 0. The molecule has 1 atom stereocenters. The van der Waals surface area contributed by atoms with E-state index in [2.05, 4.69) is 36.8 Å². The van der Waals surface area contributed by atoms with Crippen molar-refractivity contribution in [2.24, 2.45) is 5.41 Å². The first-order chi connectivity index (χ1) is 9.43. The molecule has 0 aliphatic heterocycles. The highest BCUT2D eigenvalue weighted by atomic mass is 16.3. The Morgan fingerprint density at radius 2 is 2.00 bits per heavy atom. The topological polar surface area (TPSA) is 36.4 Å². The van der Waals surface area contributed by atoms with Crippen molar-refractivity contribution in [3.05, 3.63) is 24.0 Å². The molecular formula is C17H28N2O. The van der Waals surface area contributed by atoms with E-state index in [1.54, 1.807) is 0 Å². The minimum atomic E-state index is -0.440. The Labute approximate surface area is 123 Å². The van der Waals surface area contributed by atoms with E-state index in [-0.39, 0.29) is 0 Å². The van der Waals surface area contributed by atoms with E-state index in [1.807, 2.05) is 19.2 Å². The maximum absolute atomic E-state index is 9.79. The summed E-state index contributed by atoms with van der Waals surface area (Å²) in [6.45, 7) is 6.70. The summed E-state index contributed by atoms with van der Waals surface area (Å²) in [5.41, 5.74) is 2.43. The summed E-state index contributed by atoms with van der Waals surface area (Å²) < 4.78 is 0. The average molecular weight is 276 g/mol. The van der Waals surface area contributed by atoms with Crippen LogP contribution in [-0.4, -0.2) is 23.2 Å². The van der Waals surface area contributed by atoms with Crippen LogP contribution in [0.5, 0.6) is 0 Å². The van der Waals surface area contributed by atoms with Crippen LogP contribution < -0.4 is 4.90 Å². The normalized spacial score (nSPS) is 20.6. The second-order valence-electron chi connectivity index (χ2n) is 6.87. The molecule has 1 N–H and O–H groups in total. The Hall–Kier alpha value is -1.09. The number of hydrogen-bond donors (Lipinski definition) is 1. The van der Waals surface area contributed by atoms with Gasteiger partial charge in [-0.15, -0.1) is 0 Å². The standard InChI is InChI=1S/C17H28N2O/c1-5-16(20)15-7-6-14(12-18-15)19(4)13-8-10-17(2,3)11-9-13/h6-7,12-13,16,20H,5,8-11H2,1-4H3. The Balaban J connectivity index is 2.01. The van der Waals surface area contributed by atoms with Gasteiger partial charge in [-0.1, -0.05) is 20.8 Å². The van der Waals surface area contributed by atoms with E-state index in [1.165, 1.54) is 25.7 Å². The fraction of sp³-hybridized carbons (Fsp3) is 0.706. The van der Waals surface area contributed by atoms with Crippen LogP contribution >= 0.6 is 0 Å². The van der Waals surface area contributed by atoms with Gasteiger partial charge in [-0.25, -0.2) is 0 Å². The van der Waals surface area contributed by atoms with E-state index in [9.17, 15) is 5.11 Å². The van der Waals surface area contributed by atoms with Crippen molar-refractivity contribution >= 4 is 5.69 Å². The highest BCUT2D eigenvalue weighted by Crippen LogP contribution is 2.37. The van der Waals surface area contributed by atoms with Gasteiger partial charge in [-0.3, -0.25) is 4.98 Å². The number of rotatable bonds is 4. The Kier molecular flexibility index (Phi) is 4.69. The molecular weight excluding hydrogens is 248 g/mol. The fourth-order valence-corrected chi connectivity index (χ4v) is 2.99. The predicted octanol–water partition coefficient (Wildman–Crippen LogP) is 3.93. The molecule has 0 saturated heterocycles. The molecule has 1 aliphatic rings. The first-order valence-electron chi connectivity index (χ1n) is 7.80. The summed E-state index contributed by atoms with van der Waals surface area (Å²) in [5, 5.41) is 9.79. The lowest BCUT2D eigenvalue weighted by molar-refractivity contribution is 0.169. The van der Waals surface area contributed by atoms with Gasteiger partial charge in [0.05, 0.1) is 23.7 Å². The third kappa shape index (κ3) is 3.51. The Morgan fingerprint density at radius 3 is 2.50 bits per heavy atom. The number of anilines is 1. The van der Waals surface area contributed by atoms with Crippen LogP contribution in [0.1, 0.15) is 64.7 Å². The largest absolute Gasteiger partial charge is 0.387 e. The molecule has 112 valence electrons.